The van der Waals surface area contributed by atoms with Crippen molar-refractivity contribution in [3.05, 3.63) is 58.1 Å². The van der Waals surface area contributed by atoms with Crippen molar-refractivity contribution in [2.75, 3.05) is 37.0 Å². The lowest BCUT2D eigenvalue weighted by Crippen LogP contribution is -2.44. The van der Waals surface area contributed by atoms with Gasteiger partial charge < -0.3 is 19.4 Å². The first kappa shape index (κ1) is 28.9. The minimum Gasteiger partial charge on any atom is -0.465 e. The minimum absolute atomic E-state index is 0.147. The van der Waals surface area contributed by atoms with Crippen LogP contribution in [0.3, 0.4) is 0 Å². The number of hydrogen-bond acceptors (Lipinski definition) is 5. The molecule has 1 amide bonds. The highest BCUT2D eigenvalue weighted by Crippen LogP contribution is 2.37. The topological polar surface area (TPSA) is 67.9 Å². The first-order chi connectivity index (χ1) is 17.2. The van der Waals surface area contributed by atoms with E-state index in [1.54, 1.807) is 12.1 Å². The average molecular weight is 525 g/mol. The Hall–Kier alpha value is -2.64. The smallest absolute Gasteiger partial charge is 0.337 e. The Morgan fingerprint density at radius 2 is 1.70 bits per heavy atom. The molecule has 7 heteroatoms. The van der Waals surface area contributed by atoms with Crippen LogP contribution in [-0.4, -0.2) is 47.0 Å². The number of carbonyl (C=O) groups is 2. The average Bonchev–Trinajstić information content (AvgIpc) is 2.84. The van der Waals surface area contributed by atoms with Crippen LogP contribution in [0.2, 0.25) is 18.1 Å². The summed E-state index contributed by atoms with van der Waals surface area (Å²) >= 11 is 0. The fourth-order valence-electron chi connectivity index (χ4n) is 4.61. The lowest BCUT2D eigenvalue weighted by Gasteiger charge is -2.40. The van der Waals surface area contributed by atoms with Gasteiger partial charge in [-0.1, -0.05) is 26.8 Å². The van der Waals surface area contributed by atoms with Crippen LogP contribution in [0.1, 0.15) is 71.0 Å². The number of piperidine rings is 1. The maximum absolute atomic E-state index is 13.4. The second-order valence-electron chi connectivity index (χ2n) is 12.0. The number of carbonyl (C=O) groups excluding carboxylic acids is 2. The van der Waals surface area contributed by atoms with Crippen molar-refractivity contribution in [2.45, 2.75) is 72.5 Å². The molecule has 2 aromatic carbocycles. The molecule has 0 aliphatic carbocycles. The van der Waals surface area contributed by atoms with E-state index in [0.29, 0.717) is 17.0 Å². The van der Waals surface area contributed by atoms with Crippen molar-refractivity contribution in [3.8, 4) is 0 Å². The monoisotopic (exact) mass is 524 g/mol. The van der Waals surface area contributed by atoms with E-state index in [-0.39, 0.29) is 16.9 Å². The third-order valence-corrected chi connectivity index (χ3v) is 12.5. The SMILES string of the molecule is COC(=O)c1cc(C)c(NC(=O)c2cc(N3CCC[C@H](CO[Si](C)(C)C(C)(C)C)C3)ccc2C)c(C)c1. The van der Waals surface area contributed by atoms with Crippen LogP contribution in [0.15, 0.2) is 30.3 Å². The molecule has 2 aromatic rings. The van der Waals surface area contributed by atoms with E-state index in [2.05, 4.69) is 50.1 Å². The van der Waals surface area contributed by atoms with Gasteiger partial charge >= 0.3 is 5.97 Å². The normalized spacial score (nSPS) is 16.5. The number of methoxy groups -OCH3 is 1. The Bertz CT molecular complexity index is 1130. The molecule has 3 rings (SSSR count). The molecule has 202 valence electrons. The molecule has 0 bridgehead atoms. The zero-order valence-corrected chi connectivity index (χ0v) is 25.1. The van der Waals surface area contributed by atoms with E-state index in [1.165, 1.54) is 13.5 Å². The fourth-order valence-corrected chi connectivity index (χ4v) is 5.69. The summed E-state index contributed by atoms with van der Waals surface area (Å²) in [4.78, 5) is 27.7. The number of amides is 1. The lowest BCUT2D eigenvalue weighted by atomic mass is 9.97. The van der Waals surface area contributed by atoms with Crippen LogP contribution in [-0.2, 0) is 9.16 Å². The van der Waals surface area contributed by atoms with Gasteiger partial charge in [0.15, 0.2) is 8.32 Å². The number of benzene rings is 2. The molecule has 1 aliphatic rings. The Morgan fingerprint density at radius 3 is 2.30 bits per heavy atom. The quantitative estimate of drug-likeness (QED) is 0.316. The lowest BCUT2D eigenvalue weighted by molar-refractivity contribution is 0.0600. The van der Waals surface area contributed by atoms with Gasteiger partial charge in [0.1, 0.15) is 0 Å². The van der Waals surface area contributed by atoms with Crippen molar-refractivity contribution in [3.63, 3.8) is 0 Å². The molecule has 1 fully saturated rings. The second kappa shape index (κ2) is 11.4. The van der Waals surface area contributed by atoms with Crippen LogP contribution in [0.25, 0.3) is 0 Å². The Labute approximate surface area is 223 Å². The van der Waals surface area contributed by atoms with Crippen LogP contribution in [0, 0.1) is 26.7 Å². The molecule has 6 nitrogen and oxygen atoms in total. The molecule has 1 atom stereocenters. The molecule has 1 N–H and O–H groups in total. The van der Waals surface area contributed by atoms with Gasteiger partial charge in [0.25, 0.3) is 5.91 Å². The molecular formula is C30H44N2O4Si. The van der Waals surface area contributed by atoms with Crippen LogP contribution >= 0.6 is 0 Å². The van der Waals surface area contributed by atoms with Gasteiger partial charge in [-0.25, -0.2) is 4.79 Å². The summed E-state index contributed by atoms with van der Waals surface area (Å²) in [6.07, 6.45) is 2.29. The number of anilines is 2. The van der Waals surface area contributed by atoms with E-state index < -0.39 is 8.32 Å². The van der Waals surface area contributed by atoms with Crippen LogP contribution in [0.5, 0.6) is 0 Å². The largest absolute Gasteiger partial charge is 0.465 e. The molecule has 0 saturated carbocycles. The van der Waals surface area contributed by atoms with Crippen molar-refractivity contribution >= 4 is 31.6 Å². The molecule has 0 radical (unpaired) electrons. The van der Waals surface area contributed by atoms with Gasteiger partial charge in [-0.2, -0.15) is 0 Å². The van der Waals surface area contributed by atoms with Gasteiger partial charge in [0.2, 0.25) is 0 Å². The van der Waals surface area contributed by atoms with Crippen molar-refractivity contribution in [1.82, 2.24) is 0 Å². The zero-order chi connectivity index (χ0) is 27.5. The van der Waals surface area contributed by atoms with Gasteiger partial charge in [-0.15, -0.1) is 0 Å². The number of nitrogens with one attached hydrogen (secondary N) is 1. The van der Waals surface area contributed by atoms with Gasteiger partial charge in [0, 0.05) is 36.6 Å². The Kier molecular flexibility index (Phi) is 8.91. The molecule has 37 heavy (non-hydrogen) atoms. The second-order valence-corrected chi connectivity index (χ2v) is 16.8. The van der Waals surface area contributed by atoms with Gasteiger partial charge in [-0.3, -0.25) is 4.79 Å². The van der Waals surface area contributed by atoms with E-state index in [0.717, 1.165) is 54.2 Å². The fraction of sp³-hybridized carbons (Fsp3) is 0.533. The summed E-state index contributed by atoms with van der Waals surface area (Å²) in [5, 5.41) is 3.29. The summed E-state index contributed by atoms with van der Waals surface area (Å²) in [6.45, 7) is 19.9. The van der Waals surface area contributed by atoms with Crippen LogP contribution in [0.4, 0.5) is 11.4 Å². The maximum atomic E-state index is 13.4. The summed E-state index contributed by atoms with van der Waals surface area (Å²) < 4.78 is 11.4. The van der Waals surface area contributed by atoms with Crippen LogP contribution < -0.4 is 10.2 Å². The van der Waals surface area contributed by atoms with E-state index in [1.807, 2.05) is 32.9 Å². The highest BCUT2D eigenvalue weighted by atomic mass is 28.4. The molecule has 0 unspecified atom stereocenters. The highest BCUT2D eigenvalue weighted by Gasteiger charge is 2.38. The number of aryl methyl sites for hydroxylation is 3. The maximum Gasteiger partial charge on any atom is 0.337 e. The molecule has 1 saturated heterocycles. The first-order valence-corrected chi connectivity index (χ1v) is 16.1. The standard InChI is InChI=1S/C30H44N2O4Si/c1-20-12-13-25(32-14-10-11-23(18-32)19-36-37(8,9)30(4,5)6)17-26(20)28(33)31-27-21(2)15-24(16-22(27)3)29(34)35-7/h12-13,15-17,23H,10-11,14,18-19H2,1-9H3,(H,31,33)/t23-/m0/s1. The molecule has 1 heterocycles. The number of hydrogen-bond donors (Lipinski definition) is 1. The van der Waals surface area contributed by atoms with E-state index in [9.17, 15) is 9.59 Å². The third-order valence-electron chi connectivity index (χ3n) is 8.03. The van der Waals surface area contributed by atoms with Gasteiger partial charge in [-0.05, 0) is 98.6 Å². The van der Waals surface area contributed by atoms with Crippen molar-refractivity contribution in [1.29, 1.82) is 0 Å². The predicted octanol–water partition coefficient (Wildman–Crippen LogP) is 6.89. The summed E-state index contributed by atoms with van der Waals surface area (Å²) in [6, 6.07) is 9.65. The van der Waals surface area contributed by atoms with E-state index >= 15 is 0 Å². The number of rotatable bonds is 7. The molecule has 0 aromatic heterocycles. The summed E-state index contributed by atoms with van der Waals surface area (Å²) in [5.41, 5.74) is 5.51. The summed E-state index contributed by atoms with van der Waals surface area (Å²) in [5.74, 6) is -0.0477. The Morgan fingerprint density at radius 1 is 1.05 bits per heavy atom. The van der Waals surface area contributed by atoms with E-state index in [4.69, 9.17) is 9.16 Å². The third kappa shape index (κ3) is 6.82. The van der Waals surface area contributed by atoms with Gasteiger partial charge in [0.05, 0.1) is 12.7 Å². The van der Waals surface area contributed by atoms with Crippen molar-refractivity contribution < 1.29 is 18.8 Å². The highest BCUT2D eigenvalue weighted by molar-refractivity contribution is 6.74. The number of esters is 1. The molecule has 0 spiro atoms. The zero-order valence-electron chi connectivity index (χ0n) is 24.1. The molecular weight excluding hydrogens is 480 g/mol. The first-order valence-electron chi connectivity index (χ1n) is 13.2. The molecule has 1 aliphatic heterocycles. The summed E-state index contributed by atoms with van der Waals surface area (Å²) in [7, 11) is -0.412. The minimum atomic E-state index is -1.78. The number of nitrogens with zero attached hydrogens (tertiary/aromatic N) is 1. The predicted molar refractivity (Wildman–Crippen MR) is 154 cm³/mol. The Balaban J connectivity index is 1.75. The number of ether oxygens (including phenoxy) is 1. The van der Waals surface area contributed by atoms with Crippen molar-refractivity contribution in [2.24, 2.45) is 5.92 Å².